The Hall–Kier alpha value is -3.74. The Morgan fingerprint density at radius 2 is 1.67 bits per heavy atom. The van der Waals surface area contributed by atoms with E-state index in [0.29, 0.717) is 23.5 Å². The highest BCUT2D eigenvalue weighted by molar-refractivity contribution is 5.88. The largest absolute Gasteiger partial charge is 0.474 e. The van der Waals surface area contributed by atoms with Crippen molar-refractivity contribution < 1.29 is 14.9 Å². The molecule has 4 N–H and O–H groups in total. The SMILES string of the molecule is O=C(O)c1nc(NCC(c2ccccc2)c2ccccc2)c2[nH]c[nH+]c2n1. The summed E-state index contributed by atoms with van der Waals surface area (Å²) in [5.74, 6) is -0.880. The van der Waals surface area contributed by atoms with E-state index in [1.807, 2.05) is 36.4 Å². The van der Waals surface area contributed by atoms with Gasteiger partial charge in [0.05, 0.1) is 0 Å². The number of rotatable bonds is 6. The summed E-state index contributed by atoms with van der Waals surface area (Å²) in [6.07, 6.45) is 1.60. The van der Waals surface area contributed by atoms with Crippen molar-refractivity contribution in [3.05, 3.63) is 83.9 Å². The lowest BCUT2D eigenvalue weighted by Crippen LogP contribution is -2.17. The predicted molar refractivity (Wildman–Crippen MR) is 101 cm³/mol. The lowest BCUT2D eigenvalue weighted by molar-refractivity contribution is -0.347. The van der Waals surface area contributed by atoms with Gasteiger partial charge in [0, 0.05) is 12.5 Å². The number of carboxylic acids is 1. The average Bonchev–Trinajstić information content (AvgIpc) is 3.18. The van der Waals surface area contributed by atoms with Gasteiger partial charge in [0.1, 0.15) is 0 Å². The third-order valence-corrected chi connectivity index (χ3v) is 4.40. The Bertz CT molecular complexity index is 1020. The average molecular weight is 360 g/mol. The summed E-state index contributed by atoms with van der Waals surface area (Å²) < 4.78 is 0. The maximum absolute atomic E-state index is 11.3. The van der Waals surface area contributed by atoms with Gasteiger partial charge in [-0.1, -0.05) is 65.6 Å². The second-order valence-electron chi connectivity index (χ2n) is 6.11. The van der Waals surface area contributed by atoms with Gasteiger partial charge in [-0.15, -0.1) is 0 Å². The molecule has 0 atom stereocenters. The van der Waals surface area contributed by atoms with Crippen molar-refractivity contribution in [2.24, 2.45) is 0 Å². The van der Waals surface area contributed by atoms with Gasteiger partial charge in [-0.25, -0.2) is 9.78 Å². The highest BCUT2D eigenvalue weighted by atomic mass is 16.4. The maximum atomic E-state index is 11.3. The van der Waals surface area contributed by atoms with Gasteiger partial charge in [0.25, 0.3) is 0 Å². The fourth-order valence-corrected chi connectivity index (χ4v) is 3.10. The fraction of sp³-hybridized carbons (Fsp3) is 0.100. The number of aromatic carboxylic acids is 1. The Kier molecular flexibility index (Phi) is 4.49. The molecule has 4 aromatic rings. The van der Waals surface area contributed by atoms with Crippen LogP contribution in [0.1, 0.15) is 27.7 Å². The molecule has 2 heterocycles. The standard InChI is InChI=1S/C20H17N5O2/c26-20(27)19-24-17(16-18(25-19)23-12-22-16)21-11-15(13-7-3-1-4-8-13)14-9-5-2-6-10-14/h1-10,12,15H,11H2,(H,26,27)(H2,21,22,23,24,25)/p+1. The first-order chi connectivity index (χ1) is 13.2. The Labute approximate surface area is 155 Å². The molecule has 0 aliphatic heterocycles. The van der Waals surface area contributed by atoms with Crippen LogP contribution >= 0.6 is 0 Å². The summed E-state index contributed by atoms with van der Waals surface area (Å²) in [4.78, 5) is 25.4. The van der Waals surface area contributed by atoms with Crippen molar-refractivity contribution >= 4 is 23.0 Å². The minimum atomic E-state index is -1.17. The van der Waals surface area contributed by atoms with E-state index in [1.165, 1.54) is 0 Å². The predicted octanol–water partition coefficient (Wildman–Crippen LogP) is 2.71. The number of nitrogens with zero attached hydrogens (tertiary/aromatic N) is 2. The van der Waals surface area contributed by atoms with Gasteiger partial charge < -0.3 is 10.4 Å². The first-order valence-corrected chi connectivity index (χ1v) is 8.56. The van der Waals surface area contributed by atoms with E-state index in [9.17, 15) is 9.90 Å². The maximum Gasteiger partial charge on any atom is 0.391 e. The van der Waals surface area contributed by atoms with Crippen molar-refractivity contribution in [3.63, 3.8) is 0 Å². The monoisotopic (exact) mass is 360 g/mol. The van der Waals surface area contributed by atoms with E-state index in [1.54, 1.807) is 6.33 Å². The lowest BCUT2D eigenvalue weighted by Gasteiger charge is -2.19. The number of carboxylic acid groups (broad SMARTS) is 1. The molecule has 0 amide bonds. The van der Waals surface area contributed by atoms with Crippen LogP contribution in [0.25, 0.3) is 11.2 Å². The quantitative estimate of drug-likeness (QED) is 0.490. The molecular formula is C20H18N5O2+. The summed E-state index contributed by atoms with van der Waals surface area (Å²) >= 11 is 0. The number of aromatic amines is 2. The number of nitrogens with one attached hydrogen (secondary N) is 3. The first-order valence-electron chi connectivity index (χ1n) is 8.56. The van der Waals surface area contributed by atoms with Crippen molar-refractivity contribution in [1.82, 2.24) is 15.0 Å². The van der Waals surface area contributed by atoms with Crippen LogP contribution in [0.15, 0.2) is 67.0 Å². The number of H-pyrrole nitrogens is 2. The zero-order valence-corrected chi connectivity index (χ0v) is 14.4. The van der Waals surface area contributed by atoms with Gasteiger partial charge in [-0.05, 0) is 11.1 Å². The number of hydrogen-bond donors (Lipinski definition) is 3. The number of aromatic nitrogens is 4. The van der Waals surface area contributed by atoms with Crippen LogP contribution < -0.4 is 10.3 Å². The third-order valence-electron chi connectivity index (χ3n) is 4.40. The molecule has 0 aliphatic carbocycles. The Morgan fingerprint density at radius 3 is 2.26 bits per heavy atom. The molecule has 0 saturated carbocycles. The van der Waals surface area contributed by atoms with Gasteiger partial charge in [0.2, 0.25) is 5.52 Å². The van der Waals surface area contributed by atoms with Crippen LogP contribution in [0, 0.1) is 0 Å². The molecule has 0 saturated heterocycles. The number of benzene rings is 2. The second-order valence-corrected chi connectivity index (χ2v) is 6.11. The Balaban J connectivity index is 1.68. The molecule has 0 spiro atoms. The smallest absolute Gasteiger partial charge is 0.391 e. The zero-order chi connectivity index (χ0) is 18.6. The van der Waals surface area contributed by atoms with Gasteiger partial charge in [0.15, 0.2) is 12.1 Å². The molecular weight excluding hydrogens is 342 g/mol. The topological polar surface area (TPSA) is 105 Å². The number of anilines is 1. The summed E-state index contributed by atoms with van der Waals surface area (Å²) in [6, 6.07) is 20.3. The van der Waals surface area contributed by atoms with E-state index in [0.717, 1.165) is 11.1 Å². The second kappa shape index (κ2) is 7.25. The van der Waals surface area contributed by atoms with Crippen molar-refractivity contribution in [3.8, 4) is 0 Å². The molecule has 4 rings (SSSR count). The van der Waals surface area contributed by atoms with Crippen molar-refractivity contribution in [1.29, 1.82) is 0 Å². The minimum Gasteiger partial charge on any atom is -0.474 e. The highest BCUT2D eigenvalue weighted by Gasteiger charge is 2.21. The molecule has 0 aliphatic rings. The molecule has 7 heteroatoms. The molecule has 7 nitrogen and oxygen atoms in total. The van der Waals surface area contributed by atoms with Crippen LogP contribution in [0.2, 0.25) is 0 Å². The van der Waals surface area contributed by atoms with E-state index >= 15 is 0 Å². The summed E-state index contributed by atoms with van der Waals surface area (Å²) in [7, 11) is 0. The van der Waals surface area contributed by atoms with Crippen LogP contribution in [-0.4, -0.2) is 32.6 Å². The number of carbonyl (C=O) groups is 1. The molecule has 0 fully saturated rings. The van der Waals surface area contributed by atoms with E-state index in [2.05, 4.69) is 49.5 Å². The van der Waals surface area contributed by atoms with Gasteiger partial charge >= 0.3 is 17.4 Å². The zero-order valence-electron chi connectivity index (χ0n) is 14.4. The van der Waals surface area contributed by atoms with Gasteiger partial charge in [-0.2, -0.15) is 4.98 Å². The first kappa shape index (κ1) is 16.7. The summed E-state index contributed by atoms with van der Waals surface area (Å²) in [5.41, 5.74) is 3.41. The molecule has 0 bridgehead atoms. The van der Waals surface area contributed by atoms with Gasteiger partial charge in [-0.3, -0.25) is 4.98 Å². The molecule has 2 aromatic heterocycles. The van der Waals surface area contributed by atoms with E-state index < -0.39 is 5.97 Å². The van der Waals surface area contributed by atoms with E-state index in [-0.39, 0.29) is 11.7 Å². The molecule has 0 radical (unpaired) electrons. The molecule has 2 aromatic carbocycles. The third kappa shape index (κ3) is 3.48. The van der Waals surface area contributed by atoms with Crippen LogP contribution in [0.4, 0.5) is 5.82 Å². The molecule has 27 heavy (non-hydrogen) atoms. The van der Waals surface area contributed by atoms with Crippen LogP contribution in [0.5, 0.6) is 0 Å². The van der Waals surface area contributed by atoms with Crippen LogP contribution in [0.3, 0.4) is 0 Å². The normalized spacial score (nSPS) is 11.0. The van der Waals surface area contributed by atoms with Crippen molar-refractivity contribution in [2.45, 2.75) is 5.92 Å². The molecule has 134 valence electrons. The number of fused-ring (bicyclic) bond motifs is 1. The fourth-order valence-electron chi connectivity index (χ4n) is 3.10. The minimum absolute atomic E-state index is 0.0876. The Morgan fingerprint density at radius 1 is 1.04 bits per heavy atom. The van der Waals surface area contributed by atoms with Crippen LogP contribution in [-0.2, 0) is 0 Å². The summed E-state index contributed by atoms with van der Waals surface area (Å²) in [5, 5.41) is 12.6. The lowest BCUT2D eigenvalue weighted by atomic mass is 9.91. The highest BCUT2D eigenvalue weighted by Crippen LogP contribution is 2.25. The van der Waals surface area contributed by atoms with Crippen molar-refractivity contribution in [2.75, 3.05) is 11.9 Å². The van der Waals surface area contributed by atoms with E-state index in [4.69, 9.17) is 0 Å². The number of imidazole rings is 1. The molecule has 0 unspecified atom stereocenters. The number of hydrogen-bond acceptors (Lipinski definition) is 4. The summed E-state index contributed by atoms with van der Waals surface area (Å²) in [6.45, 7) is 0.554.